The van der Waals surface area contributed by atoms with Crippen molar-refractivity contribution in [1.29, 1.82) is 0 Å². The predicted octanol–water partition coefficient (Wildman–Crippen LogP) is 3.91. The van der Waals surface area contributed by atoms with Crippen LogP contribution in [0.2, 0.25) is 0 Å². The minimum atomic E-state index is -0.592. The molecule has 0 saturated heterocycles. The minimum Gasteiger partial charge on any atom is -0.493 e. The van der Waals surface area contributed by atoms with Gasteiger partial charge in [0.2, 0.25) is 0 Å². The number of benzene rings is 2. The summed E-state index contributed by atoms with van der Waals surface area (Å²) in [5, 5.41) is 2.98. The van der Waals surface area contributed by atoms with Gasteiger partial charge in [-0.3, -0.25) is 4.79 Å². The standard InChI is InChI=1S/C21H27NO4/c1-6-16-9-7-8-10-18(16)26-15(3)21(23)22-14(2)17-11-12-19(24-4)20(13-17)25-5/h7-15H,6H2,1-5H3,(H,22,23). The highest BCUT2D eigenvalue weighted by Crippen LogP contribution is 2.30. The van der Waals surface area contributed by atoms with Crippen LogP contribution in [-0.2, 0) is 11.2 Å². The Morgan fingerprint density at radius 1 is 1.00 bits per heavy atom. The number of amides is 1. The van der Waals surface area contributed by atoms with Crippen molar-refractivity contribution in [3.05, 3.63) is 53.6 Å². The Morgan fingerprint density at radius 2 is 1.69 bits per heavy atom. The van der Waals surface area contributed by atoms with Crippen molar-refractivity contribution in [2.24, 2.45) is 0 Å². The fourth-order valence-electron chi connectivity index (χ4n) is 2.69. The van der Waals surface area contributed by atoms with Crippen molar-refractivity contribution in [3.63, 3.8) is 0 Å². The number of rotatable bonds is 8. The molecule has 0 aliphatic heterocycles. The number of ether oxygens (including phenoxy) is 3. The van der Waals surface area contributed by atoms with Crippen LogP contribution in [0.5, 0.6) is 17.2 Å². The molecule has 0 spiro atoms. The van der Waals surface area contributed by atoms with E-state index >= 15 is 0 Å². The smallest absolute Gasteiger partial charge is 0.261 e. The van der Waals surface area contributed by atoms with Crippen LogP contribution in [0.4, 0.5) is 0 Å². The molecule has 140 valence electrons. The lowest BCUT2D eigenvalue weighted by molar-refractivity contribution is -0.127. The van der Waals surface area contributed by atoms with Crippen molar-refractivity contribution in [2.75, 3.05) is 14.2 Å². The number of nitrogens with one attached hydrogen (secondary N) is 1. The summed E-state index contributed by atoms with van der Waals surface area (Å²) in [7, 11) is 3.18. The number of hydrogen-bond acceptors (Lipinski definition) is 4. The number of methoxy groups -OCH3 is 2. The Balaban J connectivity index is 2.04. The molecule has 0 radical (unpaired) electrons. The second kappa shape index (κ2) is 9.13. The second-order valence-corrected chi connectivity index (χ2v) is 6.07. The van der Waals surface area contributed by atoms with Crippen LogP contribution in [0.15, 0.2) is 42.5 Å². The lowest BCUT2D eigenvalue weighted by Gasteiger charge is -2.21. The summed E-state index contributed by atoms with van der Waals surface area (Å²) in [5.41, 5.74) is 2.01. The quantitative estimate of drug-likeness (QED) is 0.778. The molecule has 0 aliphatic carbocycles. The summed E-state index contributed by atoms with van der Waals surface area (Å²) in [5.74, 6) is 1.87. The molecule has 2 atom stereocenters. The molecule has 2 unspecified atom stereocenters. The van der Waals surface area contributed by atoms with Gasteiger partial charge in [0.05, 0.1) is 20.3 Å². The van der Waals surface area contributed by atoms with Gasteiger partial charge >= 0.3 is 0 Å². The summed E-state index contributed by atoms with van der Waals surface area (Å²) in [6.07, 6.45) is 0.261. The van der Waals surface area contributed by atoms with Gasteiger partial charge in [0.15, 0.2) is 17.6 Å². The molecule has 5 heteroatoms. The van der Waals surface area contributed by atoms with E-state index in [-0.39, 0.29) is 11.9 Å². The minimum absolute atomic E-state index is 0.168. The van der Waals surface area contributed by atoms with Crippen LogP contribution in [0.25, 0.3) is 0 Å². The summed E-state index contributed by atoms with van der Waals surface area (Å²) >= 11 is 0. The second-order valence-electron chi connectivity index (χ2n) is 6.07. The molecule has 0 saturated carbocycles. The number of hydrogen-bond donors (Lipinski definition) is 1. The van der Waals surface area contributed by atoms with Gasteiger partial charge in [0, 0.05) is 0 Å². The maximum Gasteiger partial charge on any atom is 0.261 e. The van der Waals surface area contributed by atoms with Crippen molar-refractivity contribution >= 4 is 5.91 Å². The van der Waals surface area contributed by atoms with Gasteiger partial charge in [-0.05, 0) is 49.6 Å². The Hall–Kier alpha value is -2.69. The first kappa shape index (κ1) is 19.6. The molecule has 0 aliphatic rings. The molecule has 2 aromatic carbocycles. The number of para-hydroxylation sites is 1. The maximum absolute atomic E-state index is 12.5. The summed E-state index contributed by atoms with van der Waals surface area (Å²) < 4.78 is 16.4. The average molecular weight is 357 g/mol. The third-order valence-corrected chi connectivity index (χ3v) is 4.29. The van der Waals surface area contributed by atoms with E-state index in [9.17, 15) is 4.79 Å². The molecule has 0 fully saturated rings. The van der Waals surface area contributed by atoms with Gasteiger partial charge in [-0.15, -0.1) is 0 Å². The van der Waals surface area contributed by atoms with Gasteiger partial charge in [0.1, 0.15) is 5.75 Å². The number of carbonyl (C=O) groups excluding carboxylic acids is 1. The van der Waals surface area contributed by atoms with Crippen LogP contribution >= 0.6 is 0 Å². The van der Waals surface area contributed by atoms with Crippen LogP contribution in [0.3, 0.4) is 0 Å². The molecule has 1 N–H and O–H groups in total. The molecule has 0 bridgehead atoms. The van der Waals surface area contributed by atoms with Crippen molar-refractivity contribution in [3.8, 4) is 17.2 Å². The zero-order valence-electron chi connectivity index (χ0n) is 16.0. The van der Waals surface area contributed by atoms with E-state index in [2.05, 4.69) is 12.2 Å². The summed E-state index contributed by atoms with van der Waals surface area (Å²) in [4.78, 5) is 12.5. The highest BCUT2D eigenvalue weighted by atomic mass is 16.5. The summed E-state index contributed by atoms with van der Waals surface area (Å²) in [6, 6.07) is 13.2. The number of aryl methyl sites for hydroxylation is 1. The van der Waals surface area contributed by atoms with Gasteiger partial charge < -0.3 is 19.5 Å². The molecule has 0 heterocycles. The first-order valence-corrected chi connectivity index (χ1v) is 8.77. The lowest BCUT2D eigenvalue weighted by Crippen LogP contribution is -2.37. The predicted molar refractivity (Wildman–Crippen MR) is 102 cm³/mol. The van der Waals surface area contributed by atoms with Crippen molar-refractivity contribution in [1.82, 2.24) is 5.32 Å². The van der Waals surface area contributed by atoms with Crippen LogP contribution in [0.1, 0.15) is 37.9 Å². The maximum atomic E-state index is 12.5. The highest BCUT2D eigenvalue weighted by molar-refractivity contribution is 5.81. The van der Waals surface area contributed by atoms with Gasteiger partial charge in [-0.2, -0.15) is 0 Å². The van der Waals surface area contributed by atoms with E-state index in [4.69, 9.17) is 14.2 Å². The third-order valence-electron chi connectivity index (χ3n) is 4.29. The van der Waals surface area contributed by atoms with Crippen LogP contribution in [-0.4, -0.2) is 26.2 Å². The van der Waals surface area contributed by atoms with Gasteiger partial charge in [-0.1, -0.05) is 31.2 Å². The van der Waals surface area contributed by atoms with E-state index < -0.39 is 6.10 Å². The molecule has 1 amide bonds. The van der Waals surface area contributed by atoms with Crippen molar-refractivity contribution < 1.29 is 19.0 Å². The first-order chi connectivity index (χ1) is 12.5. The molecule has 26 heavy (non-hydrogen) atoms. The Kier molecular flexibility index (Phi) is 6.89. The van der Waals surface area contributed by atoms with Crippen LogP contribution < -0.4 is 19.5 Å². The lowest BCUT2D eigenvalue weighted by atomic mass is 10.1. The third kappa shape index (κ3) is 4.69. The number of carbonyl (C=O) groups is 1. The topological polar surface area (TPSA) is 56.8 Å². The van der Waals surface area contributed by atoms with E-state index in [1.54, 1.807) is 21.1 Å². The molecule has 0 aromatic heterocycles. The zero-order chi connectivity index (χ0) is 19.1. The fraction of sp³-hybridized carbons (Fsp3) is 0.381. The van der Waals surface area contributed by atoms with E-state index in [1.807, 2.05) is 49.4 Å². The Morgan fingerprint density at radius 3 is 2.35 bits per heavy atom. The molecular formula is C21H27NO4. The Labute approximate surface area is 155 Å². The monoisotopic (exact) mass is 357 g/mol. The van der Waals surface area contributed by atoms with Crippen molar-refractivity contribution in [2.45, 2.75) is 39.3 Å². The summed E-state index contributed by atoms with van der Waals surface area (Å²) in [6.45, 7) is 5.74. The largest absolute Gasteiger partial charge is 0.493 e. The SMILES string of the molecule is CCc1ccccc1OC(C)C(=O)NC(C)c1ccc(OC)c(OC)c1. The normalized spacial score (nSPS) is 12.8. The zero-order valence-corrected chi connectivity index (χ0v) is 16.0. The van der Waals surface area contributed by atoms with E-state index in [1.165, 1.54) is 0 Å². The first-order valence-electron chi connectivity index (χ1n) is 8.77. The Bertz CT molecular complexity index is 745. The fourth-order valence-corrected chi connectivity index (χ4v) is 2.69. The molecule has 2 aromatic rings. The molecule has 5 nitrogen and oxygen atoms in total. The van der Waals surface area contributed by atoms with Gasteiger partial charge in [-0.25, -0.2) is 0 Å². The molecule has 2 rings (SSSR count). The highest BCUT2D eigenvalue weighted by Gasteiger charge is 2.19. The average Bonchev–Trinajstić information content (AvgIpc) is 2.67. The molecular weight excluding hydrogens is 330 g/mol. The van der Waals surface area contributed by atoms with E-state index in [0.717, 1.165) is 23.3 Å². The van der Waals surface area contributed by atoms with Gasteiger partial charge in [0.25, 0.3) is 5.91 Å². The van der Waals surface area contributed by atoms with Crippen LogP contribution in [0, 0.1) is 0 Å². The van der Waals surface area contributed by atoms with E-state index in [0.29, 0.717) is 11.5 Å².